The molecule has 0 saturated carbocycles. The maximum Gasteiger partial charge on any atom is 0.324 e. The van der Waals surface area contributed by atoms with Crippen molar-refractivity contribution in [2.24, 2.45) is 5.84 Å². The van der Waals surface area contributed by atoms with Crippen molar-refractivity contribution < 1.29 is 22.4 Å². The summed E-state index contributed by atoms with van der Waals surface area (Å²) in [5, 5.41) is 1.69. The highest BCUT2D eigenvalue weighted by Crippen LogP contribution is 2.21. The topological polar surface area (TPSA) is 80.0 Å². The number of halogens is 4. The molecule has 5 nitrogen and oxygen atoms in total. The molecule has 0 aromatic carbocycles. The molecule has 100 valence electrons. The van der Waals surface area contributed by atoms with Crippen LogP contribution in [0, 0.1) is 0 Å². The summed E-state index contributed by atoms with van der Waals surface area (Å²) in [6, 6.07) is 1.33. The lowest BCUT2D eigenvalue weighted by Crippen LogP contribution is -2.41. The monoisotopic (exact) mass is 266 g/mol. The summed E-state index contributed by atoms with van der Waals surface area (Å²) >= 11 is 0. The van der Waals surface area contributed by atoms with Crippen molar-refractivity contribution in [3.63, 3.8) is 0 Å². The van der Waals surface area contributed by atoms with Crippen molar-refractivity contribution in [3.8, 4) is 0 Å². The van der Waals surface area contributed by atoms with Gasteiger partial charge in [-0.1, -0.05) is 0 Å². The van der Waals surface area contributed by atoms with E-state index in [1.54, 1.807) is 5.32 Å². The molecule has 0 bridgehead atoms. The zero-order chi connectivity index (χ0) is 13.8. The van der Waals surface area contributed by atoms with Crippen LogP contribution in [0.25, 0.3) is 0 Å². The number of nitrogens with zero attached hydrogens (tertiary/aromatic N) is 1. The van der Waals surface area contributed by atoms with Crippen LogP contribution in [0.2, 0.25) is 0 Å². The third-order valence-corrected chi connectivity index (χ3v) is 2.03. The van der Waals surface area contributed by atoms with Gasteiger partial charge >= 0.3 is 12.3 Å². The van der Waals surface area contributed by atoms with Crippen LogP contribution in [0.5, 0.6) is 0 Å². The molecular formula is C9H10F4N4O. The number of nitrogen functional groups attached to an aromatic ring is 1. The molecule has 1 amide bonds. The van der Waals surface area contributed by atoms with Crippen LogP contribution in [-0.4, -0.2) is 29.8 Å². The molecule has 0 aliphatic rings. The molecule has 1 heterocycles. The lowest BCUT2D eigenvalue weighted by atomic mass is 10.2. The number of pyridine rings is 1. The van der Waals surface area contributed by atoms with E-state index in [1.165, 1.54) is 12.3 Å². The van der Waals surface area contributed by atoms with Crippen molar-refractivity contribution in [1.82, 2.24) is 10.3 Å². The minimum absolute atomic E-state index is 0.120. The largest absolute Gasteiger partial charge is 0.346 e. The van der Waals surface area contributed by atoms with Gasteiger partial charge in [0.15, 0.2) is 0 Å². The number of carbonyl (C=O) groups is 1. The predicted octanol–water partition coefficient (Wildman–Crippen LogP) is 0.997. The average molecular weight is 266 g/mol. The molecule has 9 heteroatoms. The second-order valence-electron chi connectivity index (χ2n) is 3.31. The van der Waals surface area contributed by atoms with Crippen molar-refractivity contribution >= 4 is 11.6 Å². The van der Waals surface area contributed by atoms with Crippen LogP contribution in [-0.2, 0) is 0 Å². The molecule has 1 aromatic heterocycles. The van der Waals surface area contributed by atoms with Crippen molar-refractivity contribution in [2.45, 2.75) is 12.3 Å². The summed E-state index contributed by atoms with van der Waals surface area (Å²) in [5.74, 6) is -0.166. The van der Waals surface area contributed by atoms with E-state index < -0.39 is 24.8 Å². The second kappa shape index (κ2) is 5.63. The minimum atomic E-state index is -4.28. The quantitative estimate of drug-likeness (QED) is 0.422. The van der Waals surface area contributed by atoms with Crippen molar-refractivity contribution in [1.29, 1.82) is 0 Å². The Hall–Kier alpha value is -1.90. The van der Waals surface area contributed by atoms with Crippen LogP contribution in [0.1, 0.15) is 10.4 Å². The minimum Gasteiger partial charge on any atom is -0.346 e. The predicted molar refractivity (Wildman–Crippen MR) is 55.3 cm³/mol. The maximum absolute atomic E-state index is 12.6. The van der Waals surface area contributed by atoms with Crippen LogP contribution in [0.15, 0.2) is 18.5 Å². The van der Waals surface area contributed by atoms with Gasteiger partial charge in [0.05, 0.1) is 17.8 Å². The van der Waals surface area contributed by atoms with Crippen molar-refractivity contribution in [3.05, 3.63) is 24.0 Å². The lowest BCUT2D eigenvalue weighted by molar-refractivity contribution is -0.123. The molecule has 1 rings (SSSR count). The number of hydrogen-bond donors (Lipinski definition) is 3. The molecule has 0 fully saturated rings. The number of alkyl halides is 4. The third-order valence-electron chi connectivity index (χ3n) is 2.03. The van der Waals surface area contributed by atoms with Gasteiger partial charge in [-0.25, -0.2) is 8.78 Å². The summed E-state index contributed by atoms with van der Waals surface area (Å²) < 4.78 is 48.9. The zero-order valence-corrected chi connectivity index (χ0v) is 8.96. The van der Waals surface area contributed by atoms with Gasteiger partial charge in [-0.2, -0.15) is 8.78 Å². The highest BCUT2D eigenvalue weighted by atomic mass is 19.3. The van der Waals surface area contributed by atoms with Gasteiger partial charge in [0.25, 0.3) is 5.91 Å². The number of nitrogens with one attached hydrogen (secondary N) is 2. The molecule has 0 saturated heterocycles. The number of anilines is 1. The highest BCUT2D eigenvalue weighted by Gasteiger charge is 2.40. The van der Waals surface area contributed by atoms with Gasteiger partial charge in [-0.3, -0.25) is 15.6 Å². The van der Waals surface area contributed by atoms with Gasteiger partial charge in [-0.15, -0.1) is 0 Å². The maximum atomic E-state index is 12.6. The Morgan fingerprint density at radius 3 is 2.72 bits per heavy atom. The van der Waals surface area contributed by atoms with Crippen LogP contribution in [0.3, 0.4) is 0 Å². The SMILES string of the molecule is NNc1ccncc1C(=O)NCC(F)(F)C(F)F. The fourth-order valence-corrected chi connectivity index (χ4v) is 1.07. The number of nitrogens with two attached hydrogens (primary N) is 1. The van der Waals surface area contributed by atoms with Gasteiger partial charge in [0.2, 0.25) is 0 Å². The van der Waals surface area contributed by atoms with Gasteiger partial charge < -0.3 is 10.7 Å². The lowest BCUT2D eigenvalue weighted by Gasteiger charge is -2.16. The summed E-state index contributed by atoms with van der Waals surface area (Å²) in [6.45, 7) is -1.47. The van der Waals surface area contributed by atoms with Crippen LogP contribution < -0.4 is 16.6 Å². The molecule has 0 unspecified atom stereocenters. The molecule has 0 aliphatic heterocycles. The van der Waals surface area contributed by atoms with E-state index in [2.05, 4.69) is 10.4 Å². The first-order valence-corrected chi connectivity index (χ1v) is 4.73. The van der Waals surface area contributed by atoms with E-state index in [0.29, 0.717) is 0 Å². The zero-order valence-electron chi connectivity index (χ0n) is 8.96. The van der Waals surface area contributed by atoms with Gasteiger partial charge in [0, 0.05) is 12.4 Å². The summed E-state index contributed by atoms with van der Waals surface area (Å²) in [5.41, 5.74) is 2.18. The van der Waals surface area contributed by atoms with E-state index in [0.717, 1.165) is 6.20 Å². The van der Waals surface area contributed by atoms with Gasteiger partial charge in [-0.05, 0) is 6.07 Å². The molecule has 0 spiro atoms. The van der Waals surface area contributed by atoms with Crippen LogP contribution >= 0.6 is 0 Å². The Labute approximate surface area is 99.3 Å². The number of aromatic nitrogens is 1. The highest BCUT2D eigenvalue weighted by molar-refractivity contribution is 5.99. The molecule has 1 aromatic rings. The van der Waals surface area contributed by atoms with E-state index in [9.17, 15) is 22.4 Å². The second-order valence-corrected chi connectivity index (χ2v) is 3.31. The molecule has 0 atom stereocenters. The van der Waals surface area contributed by atoms with Crippen LogP contribution in [0.4, 0.5) is 23.2 Å². The summed E-state index contributed by atoms with van der Waals surface area (Å²) in [6.07, 6.45) is -1.45. The molecule has 0 aliphatic carbocycles. The van der Waals surface area contributed by atoms with E-state index in [4.69, 9.17) is 5.84 Å². The van der Waals surface area contributed by atoms with Gasteiger partial charge in [0.1, 0.15) is 0 Å². The Bertz CT molecular complexity index is 427. The Balaban J connectivity index is 2.72. The molecule has 18 heavy (non-hydrogen) atoms. The smallest absolute Gasteiger partial charge is 0.324 e. The number of hydrazine groups is 1. The van der Waals surface area contributed by atoms with E-state index in [1.807, 2.05) is 0 Å². The fourth-order valence-electron chi connectivity index (χ4n) is 1.07. The van der Waals surface area contributed by atoms with E-state index in [-0.39, 0.29) is 11.3 Å². The number of amides is 1. The summed E-state index contributed by atoms with van der Waals surface area (Å²) in [7, 11) is 0. The Kier molecular flexibility index (Phi) is 4.43. The van der Waals surface area contributed by atoms with E-state index >= 15 is 0 Å². The summed E-state index contributed by atoms with van der Waals surface area (Å²) in [4.78, 5) is 15.1. The fraction of sp³-hybridized carbons (Fsp3) is 0.333. The molecule has 0 radical (unpaired) electrons. The molecule has 4 N–H and O–H groups in total. The van der Waals surface area contributed by atoms with Crippen molar-refractivity contribution in [2.75, 3.05) is 12.0 Å². The third kappa shape index (κ3) is 3.29. The first kappa shape index (κ1) is 14.2. The first-order chi connectivity index (χ1) is 8.38. The number of carbonyl (C=O) groups excluding carboxylic acids is 1. The average Bonchev–Trinajstić information content (AvgIpc) is 2.35. The normalized spacial score (nSPS) is 11.4. The number of rotatable bonds is 5. The Morgan fingerprint density at radius 1 is 1.50 bits per heavy atom. The number of hydrogen-bond acceptors (Lipinski definition) is 4. The Morgan fingerprint density at radius 2 is 2.17 bits per heavy atom. The molecular weight excluding hydrogens is 256 g/mol. The first-order valence-electron chi connectivity index (χ1n) is 4.73. The standard InChI is InChI=1S/C9H10F4N4O/c10-8(11)9(12,13)4-16-7(18)5-3-15-2-1-6(5)17-14/h1-3,8H,4,14H2,(H,15,17)(H,16,18).